The van der Waals surface area contributed by atoms with E-state index in [0.717, 1.165) is 5.92 Å². The summed E-state index contributed by atoms with van der Waals surface area (Å²) in [6, 6.07) is 0.616. The summed E-state index contributed by atoms with van der Waals surface area (Å²) < 4.78 is 0. The Labute approximate surface area is 38.1 Å². The lowest BCUT2D eigenvalue weighted by Crippen LogP contribution is -1.72. The second kappa shape index (κ2) is 1.07. The van der Waals surface area contributed by atoms with E-state index >= 15 is 0 Å². The van der Waals surface area contributed by atoms with Crippen molar-refractivity contribution in [2.45, 2.75) is 19.4 Å². The van der Waals surface area contributed by atoms with Crippen molar-refractivity contribution in [1.29, 1.82) is 0 Å². The molecule has 0 unspecified atom stereocenters. The SMILES string of the molecule is C=N[C@H]1C[C@@H]1C. The van der Waals surface area contributed by atoms with E-state index < -0.39 is 0 Å². The molecule has 1 aliphatic rings. The topological polar surface area (TPSA) is 12.4 Å². The van der Waals surface area contributed by atoms with Crippen LogP contribution in [0.1, 0.15) is 13.3 Å². The first-order chi connectivity index (χ1) is 2.84. The van der Waals surface area contributed by atoms with E-state index in [1.54, 1.807) is 0 Å². The van der Waals surface area contributed by atoms with Crippen LogP contribution < -0.4 is 0 Å². The molecule has 1 nitrogen and oxygen atoms in total. The molecule has 1 aliphatic carbocycles. The molecule has 0 heterocycles. The Morgan fingerprint density at radius 3 is 2.33 bits per heavy atom. The molecule has 0 aliphatic heterocycles. The van der Waals surface area contributed by atoms with Crippen LogP contribution in [0, 0.1) is 5.92 Å². The minimum absolute atomic E-state index is 0.616. The van der Waals surface area contributed by atoms with Crippen LogP contribution in [0.5, 0.6) is 0 Å². The molecule has 0 saturated heterocycles. The van der Waals surface area contributed by atoms with Gasteiger partial charge in [-0.1, -0.05) is 6.92 Å². The Kier molecular flexibility index (Phi) is 0.685. The Morgan fingerprint density at radius 2 is 2.33 bits per heavy atom. The monoisotopic (exact) mass is 83.1 g/mol. The van der Waals surface area contributed by atoms with Gasteiger partial charge in [0.1, 0.15) is 0 Å². The molecule has 0 radical (unpaired) electrons. The van der Waals surface area contributed by atoms with E-state index in [2.05, 4.69) is 18.6 Å². The first kappa shape index (κ1) is 3.85. The number of rotatable bonds is 1. The van der Waals surface area contributed by atoms with Gasteiger partial charge in [0, 0.05) is 0 Å². The molecule has 0 aromatic rings. The first-order valence-corrected chi connectivity index (χ1v) is 2.30. The maximum Gasteiger partial charge on any atom is 0.0522 e. The first-order valence-electron chi connectivity index (χ1n) is 2.30. The molecule has 0 N–H and O–H groups in total. The number of hydrogen-bond acceptors (Lipinski definition) is 1. The number of nitrogens with zero attached hydrogens (tertiary/aromatic N) is 1. The lowest BCUT2D eigenvalue weighted by atomic mass is 10.5. The largest absolute Gasteiger partial charge is 0.297 e. The average molecular weight is 83.1 g/mol. The Hall–Kier alpha value is -0.330. The fourth-order valence-electron chi connectivity index (χ4n) is 0.557. The Morgan fingerprint density at radius 1 is 1.83 bits per heavy atom. The second-order valence-electron chi connectivity index (χ2n) is 1.96. The average Bonchev–Trinajstić information content (AvgIpc) is 2.19. The van der Waals surface area contributed by atoms with Gasteiger partial charge in [0.25, 0.3) is 0 Å². The zero-order valence-electron chi connectivity index (χ0n) is 4.02. The minimum Gasteiger partial charge on any atom is -0.297 e. The third kappa shape index (κ3) is 0.445. The highest BCUT2D eigenvalue weighted by atomic mass is 14.8. The molecular formula is C5H9N. The zero-order chi connectivity index (χ0) is 4.57. The van der Waals surface area contributed by atoms with Gasteiger partial charge in [0.2, 0.25) is 0 Å². The van der Waals surface area contributed by atoms with Crippen molar-refractivity contribution in [3.63, 3.8) is 0 Å². The molecule has 2 atom stereocenters. The number of hydrogen-bond donors (Lipinski definition) is 0. The van der Waals surface area contributed by atoms with Gasteiger partial charge in [-0.05, 0) is 19.1 Å². The van der Waals surface area contributed by atoms with Gasteiger partial charge in [-0.25, -0.2) is 0 Å². The van der Waals surface area contributed by atoms with Crippen LogP contribution in [0.15, 0.2) is 4.99 Å². The van der Waals surface area contributed by atoms with E-state index in [1.807, 2.05) is 0 Å². The summed E-state index contributed by atoms with van der Waals surface area (Å²) in [5, 5.41) is 0. The van der Waals surface area contributed by atoms with Crippen molar-refractivity contribution in [3.8, 4) is 0 Å². The van der Waals surface area contributed by atoms with E-state index in [9.17, 15) is 0 Å². The summed E-state index contributed by atoms with van der Waals surface area (Å²) in [7, 11) is 0. The van der Waals surface area contributed by atoms with Crippen LogP contribution in [0.4, 0.5) is 0 Å². The molecule has 6 heavy (non-hydrogen) atoms. The van der Waals surface area contributed by atoms with Gasteiger partial charge in [-0.2, -0.15) is 0 Å². The summed E-state index contributed by atoms with van der Waals surface area (Å²) in [4.78, 5) is 3.83. The molecule has 0 aromatic carbocycles. The summed E-state index contributed by atoms with van der Waals surface area (Å²) in [5.74, 6) is 0.836. The predicted octanol–water partition coefficient (Wildman–Crippen LogP) is 1.10. The van der Waals surface area contributed by atoms with Crippen LogP contribution in [0.2, 0.25) is 0 Å². The predicted molar refractivity (Wildman–Crippen MR) is 27.1 cm³/mol. The van der Waals surface area contributed by atoms with Crippen molar-refractivity contribution < 1.29 is 0 Å². The summed E-state index contributed by atoms with van der Waals surface area (Å²) >= 11 is 0. The van der Waals surface area contributed by atoms with Crippen molar-refractivity contribution in [3.05, 3.63) is 0 Å². The smallest absolute Gasteiger partial charge is 0.0522 e. The Bertz CT molecular complexity index is 68.3. The van der Waals surface area contributed by atoms with E-state index in [4.69, 9.17) is 0 Å². The van der Waals surface area contributed by atoms with Crippen molar-refractivity contribution in [1.82, 2.24) is 0 Å². The van der Waals surface area contributed by atoms with E-state index in [0.29, 0.717) is 6.04 Å². The molecular weight excluding hydrogens is 74.1 g/mol. The van der Waals surface area contributed by atoms with Gasteiger partial charge < -0.3 is 0 Å². The maximum absolute atomic E-state index is 3.83. The van der Waals surface area contributed by atoms with Crippen molar-refractivity contribution >= 4 is 6.72 Å². The van der Waals surface area contributed by atoms with Crippen LogP contribution in [-0.2, 0) is 0 Å². The molecule has 1 rings (SSSR count). The lowest BCUT2D eigenvalue weighted by Gasteiger charge is -1.73. The van der Waals surface area contributed by atoms with Gasteiger partial charge in [-0.15, -0.1) is 0 Å². The van der Waals surface area contributed by atoms with Crippen LogP contribution in [0.25, 0.3) is 0 Å². The normalized spacial score (nSPS) is 42.2. The molecule has 0 spiro atoms. The lowest BCUT2D eigenvalue weighted by molar-refractivity contribution is 0.901. The maximum atomic E-state index is 3.83. The van der Waals surface area contributed by atoms with Crippen molar-refractivity contribution in [2.75, 3.05) is 0 Å². The van der Waals surface area contributed by atoms with Crippen LogP contribution >= 0.6 is 0 Å². The summed E-state index contributed by atoms with van der Waals surface area (Å²) in [6.45, 7) is 5.62. The second-order valence-corrected chi connectivity index (χ2v) is 1.96. The van der Waals surface area contributed by atoms with Gasteiger partial charge >= 0.3 is 0 Å². The van der Waals surface area contributed by atoms with Crippen LogP contribution in [-0.4, -0.2) is 12.8 Å². The fraction of sp³-hybridized carbons (Fsp3) is 0.800. The highest BCUT2D eigenvalue weighted by molar-refractivity contribution is 5.25. The fourth-order valence-corrected chi connectivity index (χ4v) is 0.557. The molecule has 0 bridgehead atoms. The molecule has 1 saturated carbocycles. The third-order valence-electron chi connectivity index (χ3n) is 1.30. The standard InChI is InChI=1S/C5H9N/c1-4-3-5(4)6-2/h4-5H,2-3H2,1H3/t4-,5-/m0/s1. The third-order valence-corrected chi connectivity index (χ3v) is 1.30. The quantitative estimate of drug-likeness (QED) is 0.421. The number of aliphatic imine (C=N–C) groups is 1. The van der Waals surface area contributed by atoms with Gasteiger partial charge in [0.15, 0.2) is 0 Å². The summed E-state index contributed by atoms with van der Waals surface area (Å²) in [6.07, 6.45) is 1.27. The van der Waals surface area contributed by atoms with E-state index in [-0.39, 0.29) is 0 Å². The molecule has 34 valence electrons. The van der Waals surface area contributed by atoms with E-state index in [1.165, 1.54) is 6.42 Å². The zero-order valence-corrected chi connectivity index (χ0v) is 4.02. The Balaban J connectivity index is 2.25. The highest BCUT2D eigenvalue weighted by Crippen LogP contribution is 2.31. The molecule has 0 amide bonds. The summed E-state index contributed by atoms with van der Waals surface area (Å²) in [5.41, 5.74) is 0. The van der Waals surface area contributed by atoms with Gasteiger partial charge in [0.05, 0.1) is 6.04 Å². The minimum atomic E-state index is 0.616. The molecule has 0 aromatic heterocycles. The molecule has 1 fully saturated rings. The van der Waals surface area contributed by atoms with Crippen molar-refractivity contribution in [2.24, 2.45) is 10.9 Å². The van der Waals surface area contributed by atoms with Crippen LogP contribution in [0.3, 0.4) is 0 Å². The van der Waals surface area contributed by atoms with Gasteiger partial charge in [-0.3, -0.25) is 4.99 Å². The highest BCUT2D eigenvalue weighted by Gasteiger charge is 2.30. The molecule has 1 heteroatoms.